The van der Waals surface area contributed by atoms with Gasteiger partial charge in [-0.2, -0.15) is 5.10 Å². The molecule has 1 aliphatic heterocycles. The molecular formula is C14H20ClN5O. The Hall–Kier alpha value is -1.66. The summed E-state index contributed by atoms with van der Waals surface area (Å²) in [6.45, 7) is 5.02. The Bertz CT molecular complexity index is 641. The number of halogens is 1. The summed E-state index contributed by atoms with van der Waals surface area (Å²) in [5.41, 5.74) is 2.02. The van der Waals surface area contributed by atoms with Crippen molar-refractivity contribution < 1.29 is 4.79 Å². The number of fused-ring (bicyclic) bond motifs is 1. The predicted molar refractivity (Wildman–Crippen MR) is 82.9 cm³/mol. The molecule has 21 heavy (non-hydrogen) atoms. The van der Waals surface area contributed by atoms with Crippen molar-refractivity contribution in [1.82, 2.24) is 25.2 Å². The van der Waals surface area contributed by atoms with Crippen molar-refractivity contribution >= 4 is 24.0 Å². The molecule has 2 unspecified atom stereocenters. The SMILES string of the molecule is Cc1ccn2ncc(C(=O)NC3CCCNC3C)c2n1.Cl. The molecule has 6 nitrogen and oxygen atoms in total. The first-order valence-corrected chi connectivity index (χ1v) is 7.00. The van der Waals surface area contributed by atoms with Crippen LogP contribution in [-0.4, -0.2) is 39.1 Å². The van der Waals surface area contributed by atoms with E-state index in [1.54, 1.807) is 10.7 Å². The number of hydrogen-bond donors (Lipinski definition) is 2. The molecule has 7 heteroatoms. The van der Waals surface area contributed by atoms with Gasteiger partial charge in [0.1, 0.15) is 5.56 Å². The number of aromatic nitrogens is 3. The monoisotopic (exact) mass is 309 g/mol. The van der Waals surface area contributed by atoms with Crippen molar-refractivity contribution in [2.45, 2.75) is 38.8 Å². The normalized spacial score (nSPS) is 21.8. The van der Waals surface area contributed by atoms with Crippen molar-refractivity contribution in [3.63, 3.8) is 0 Å². The van der Waals surface area contributed by atoms with Crippen molar-refractivity contribution in [2.75, 3.05) is 6.54 Å². The molecule has 1 amide bonds. The third kappa shape index (κ3) is 3.16. The van der Waals surface area contributed by atoms with E-state index in [4.69, 9.17) is 0 Å². The van der Waals surface area contributed by atoms with Crippen molar-refractivity contribution in [3.8, 4) is 0 Å². The van der Waals surface area contributed by atoms with Crippen LogP contribution in [0.25, 0.3) is 5.65 Å². The molecule has 3 heterocycles. The molecule has 114 valence electrons. The van der Waals surface area contributed by atoms with Gasteiger partial charge in [0.15, 0.2) is 5.65 Å². The van der Waals surface area contributed by atoms with E-state index in [1.165, 1.54) is 0 Å². The lowest BCUT2D eigenvalue weighted by molar-refractivity contribution is 0.0921. The largest absolute Gasteiger partial charge is 0.348 e. The van der Waals surface area contributed by atoms with E-state index in [9.17, 15) is 4.79 Å². The van der Waals surface area contributed by atoms with E-state index >= 15 is 0 Å². The molecule has 0 radical (unpaired) electrons. The third-order valence-corrected chi connectivity index (χ3v) is 3.83. The van der Waals surface area contributed by atoms with Crippen LogP contribution in [0, 0.1) is 6.92 Å². The van der Waals surface area contributed by atoms with E-state index < -0.39 is 0 Å². The summed E-state index contributed by atoms with van der Waals surface area (Å²) in [4.78, 5) is 16.8. The predicted octanol–water partition coefficient (Wildman–Crippen LogP) is 1.33. The Kier molecular flexibility index (Phi) is 4.80. The number of aryl methyl sites for hydroxylation is 1. The topological polar surface area (TPSA) is 71.3 Å². The molecule has 0 aromatic carbocycles. The van der Waals surface area contributed by atoms with E-state index in [-0.39, 0.29) is 24.4 Å². The number of nitrogens with zero attached hydrogens (tertiary/aromatic N) is 3. The lowest BCUT2D eigenvalue weighted by Gasteiger charge is -2.30. The first kappa shape index (κ1) is 15.7. The molecule has 2 aromatic heterocycles. The quantitative estimate of drug-likeness (QED) is 0.878. The summed E-state index contributed by atoms with van der Waals surface area (Å²) in [7, 11) is 0. The highest BCUT2D eigenvalue weighted by Crippen LogP contribution is 2.12. The number of carbonyl (C=O) groups excluding carboxylic acids is 1. The molecule has 0 bridgehead atoms. The van der Waals surface area contributed by atoms with Crippen molar-refractivity contribution in [3.05, 3.63) is 29.7 Å². The number of piperidine rings is 1. The smallest absolute Gasteiger partial charge is 0.257 e. The second-order valence-corrected chi connectivity index (χ2v) is 5.36. The van der Waals surface area contributed by atoms with Crippen LogP contribution >= 0.6 is 12.4 Å². The minimum absolute atomic E-state index is 0. The van der Waals surface area contributed by atoms with Gasteiger partial charge in [0.2, 0.25) is 0 Å². The number of hydrogen-bond acceptors (Lipinski definition) is 4. The van der Waals surface area contributed by atoms with Crippen LogP contribution in [0.2, 0.25) is 0 Å². The van der Waals surface area contributed by atoms with E-state index in [1.807, 2.05) is 19.2 Å². The Balaban J connectivity index is 0.00000161. The van der Waals surface area contributed by atoms with Crippen LogP contribution in [0.3, 0.4) is 0 Å². The molecule has 1 fully saturated rings. The highest BCUT2D eigenvalue weighted by atomic mass is 35.5. The molecule has 2 atom stereocenters. The minimum Gasteiger partial charge on any atom is -0.348 e. The highest BCUT2D eigenvalue weighted by molar-refractivity contribution is 5.99. The summed E-state index contributed by atoms with van der Waals surface area (Å²) in [5, 5.41) is 10.6. The van der Waals surface area contributed by atoms with E-state index in [2.05, 4.69) is 27.6 Å². The van der Waals surface area contributed by atoms with Gasteiger partial charge in [-0.3, -0.25) is 4.79 Å². The van der Waals surface area contributed by atoms with Crippen LogP contribution in [-0.2, 0) is 0 Å². The fourth-order valence-electron chi connectivity index (χ4n) is 2.61. The van der Waals surface area contributed by atoms with Gasteiger partial charge >= 0.3 is 0 Å². The fourth-order valence-corrected chi connectivity index (χ4v) is 2.61. The average molecular weight is 310 g/mol. The molecule has 0 spiro atoms. The number of rotatable bonds is 2. The fraction of sp³-hybridized carbons (Fsp3) is 0.500. The number of nitrogens with one attached hydrogen (secondary N) is 2. The van der Waals surface area contributed by atoms with Crippen LogP contribution in [0.5, 0.6) is 0 Å². The van der Waals surface area contributed by atoms with E-state index in [0.717, 1.165) is 25.1 Å². The maximum Gasteiger partial charge on any atom is 0.257 e. The molecule has 2 aromatic rings. The molecule has 0 saturated carbocycles. The summed E-state index contributed by atoms with van der Waals surface area (Å²) in [6.07, 6.45) is 5.49. The summed E-state index contributed by atoms with van der Waals surface area (Å²) < 4.78 is 1.63. The van der Waals surface area contributed by atoms with Gasteiger partial charge < -0.3 is 10.6 Å². The standard InChI is InChI=1S/C14H19N5O.ClH/c1-9-5-7-19-13(17-9)11(8-16-19)14(20)18-12-4-3-6-15-10(12)2;/h5,7-8,10,12,15H,3-4,6H2,1-2H3,(H,18,20);1H. The van der Waals surface area contributed by atoms with Crippen molar-refractivity contribution in [2.24, 2.45) is 0 Å². The molecule has 0 aliphatic carbocycles. The van der Waals surface area contributed by atoms with E-state index in [0.29, 0.717) is 17.3 Å². The molecule has 2 N–H and O–H groups in total. The first-order valence-electron chi connectivity index (χ1n) is 7.00. The number of carbonyl (C=O) groups is 1. The van der Waals surface area contributed by atoms with Crippen LogP contribution < -0.4 is 10.6 Å². The lowest BCUT2D eigenvalue weighted by Crippen LogP contribution is -2.51. The zero-order valence-electron chi connectivity index (χ0n) is 12.2. The van der Waals surface area contributed by atoms with Gasteiger partial charge in [-0.15, -0.1) is 12.4 Å². The second kappa shape index (κ2) is 6.41. The van der Waals surface area contributed by atoms with Gasteiger partial charge in [0.05, 0.1) is 6.20 Å². The molecular weight excluding hydrogens is 290 g/mol. The zero-order valence-corrected chi connectivity index (χ0v) is 13.0. The van der Waals surface area contributed by atoms with Gasteiger partial charge in [-0.05, 0) is 39.3 Å². The zero-order chi connectivity index (χ0) is 14.1. The summed E-state index contributed by atoms with van der Waals surface area (Å²) in [5.74, 6) is -0.0985. The Labute approximate surface area is 129 Å². The van der Waals surface area contributed by atoms with Gasteiger partial charge in [-0.1, -0.05) is 0 Å². The Morgan fingerprint density at radius 2 is 2.33 bits per heavy atom. The average Bonchev–Trinajstić information content (AvgIpc) is 2.84. The van der Waals surface area contributed by atoms with Crippen molar-refractivity contribution in [1.29, 1.82) is 0 Å². The molecule has 1 saturated heterocycles. The lowest BCUT2D eigenvalue weighted by atomic mass is 9.99. The van der Waals surface area contributed by atoms with Crippen LogP contribution in [0.15, 0.2) is 18.5 Å². The number of amides is 1. The third-order valence-electron chi connectivity index (χ3n) is 3.83. The molecule has 3 rings (SSSR count). The summed E-state index contributed by atoms with van der Waals surface area (Å²) >= 11 is 0. The van der Waals surface area contributed by atoms with Gasteiger partial charge in [0.25, 0.3) is 5.91 Å². The Morgan fingerprint density at radius 1 is 1.52 bits per heavy atom. The first-order chi connectivity index (χ1) is 9.65. The highest BCUT2D eigenvalue weighted by Gasteiger charge is 2.24. The van der Waals surface area contributed by atoms with Crippen LogP contribution in [0.4, 0.5) is 0 Å². The maximum atomic E-state index is 12.4. The summed E-state index contributed by atoms with van der Waals surface area (Å²) in [6, 6.07) is 2.33. The van der Waals surface area contributed by atoms with Gasteiger partial charge in [0, 0.05) is 24.0 Å². The second-order valence-electron chi connectivity index (χ2n) is 5.36. The molecule has 1 aliphatic rings. The Morgan fingerprint density at radius 3 is 3.10 bits per heavy atom. The van der Waals surface area contributed by atoms with Crippen LogP contribution in [0.1, 0.15) is 35.8 Å². The minimum atomic E-state index is -0.0985. The maximum absolute atomic E-state index is 12.4. The van der Waals surface area contributed by atoms with Gasteiger partial charge in [-0.25, -0.2) is 9.50 Å².